The number of nitrogens with zero attached hydrogens (tertiary/aromatic N) is 3. The summed E-state index contributed by atoms with van der Waals surface area (Å²) in [6.45, 7) is 6.27. The van der Waals surface area contributed by atoms with Crippen LogP contribution in [-0.2, 0) is 6.54 Å². The molecule has 0 bridgehead atoms. The predicted octanol–water partition coefficient (Wildman–Crippen LogP) is 3.63. The molecule has 26 heavy (non-hydrogen) atoms. The summed E-state index contributed by atoms with van der Waals surface area (Å²) in [5, 5.41) is 11.5. The summed E-state index contributed by atoms with van der Waals surface area (Å²) < 4.78 is 4.71. The number of fused-ring (bicyclic) bond motifs is 2. The van der Waals surface area contributed by atoms with Crippen LogP contribution in [-0.4, -0.2) is 21.2 Å². The van der Waals surface area contributed by atoms with Gasteiger partial charge in [-0.1, -0.05) is 17.7 Å². The van der Waals surface area contributed by atoms with Gasteiger partial charge in [0.15, 0.2) is 0 Å². The summed E-state index contributed by atoms with van der Waals surface area (Å²) in [6, 6.07) is 11.6. The Bertz CT molecular complexity index is 1150. The van der Waals surface area contributed by atoms with E-state index in [1.165, 1.54) is 0 Å². The third-order valence-electron chi connectivity index (χ3n) is 4.63. The van der Waals surface area contributed by atoms with Gasteiger partial charge in [-0.15, -0.1) is 0 Å². The zero-order valence-electron chi connectivity index (χ0n) is 14.8. The second kappa shape index (κ2) is 6.22. The Morgan fingerprint density at radius 3 is 2.62 bits per heavy atom. The lowest BCUT2D eigenvalue weighted by Gasteiger charge is -2.13. The number of carbonyl (C=O) groups excluding carboxylic acids is 1. The van der Waals surface area contributed by atoms with Gasteiger partial charge in [0.05, 0.1) is 11.1 Å². The summed E-state index contributed by atoms with van der Waals surface area (Å²) in [5.74, 6) is -0.109. The van der Waals surface area contributed by atoms with E-state index in [-0.39, 0.29) is 5.91 Å². The normalized spacial score (nSPS) is 11.2. The van der Waals surface area contributed by atoms with E-state index in [2.05, 4.69) is 20.6 Å². The van der Waals surface area contributed by atoms with Crippen molar-refractivity contribution in [2.24, 2.45) is 0 Å². The van der Waals surface area contributed by atoms with Gasteiger partial charge < -0.3 is 5.32 Å². The van der Waals surface area contributed by atoms with Crippen LogP contribution >= 0.6 is 0 Å². The van der Waals surface area contributed by atoms with E-state index < -0.39 is 0 Å². The second-order valence-electron chi connectivity index (χ2n) is 6.49. The van der Waals surface area contributed by atoms with Gasteiger partial charge in [-0.05, 0) is 66.5 Å². The highest BCUT2D eigenvalue weighted by molar-refractivity contribution is 6.07. The molecule has 1 amide bonds. The number of hydrogen-bond acceptors (Lipinski definition) is 5. The van der Waals surface area contributed by atoms with Gasteiger partial charge in [0.2, 0.25) is 0 Å². The number of hydrogen-bond donors (Lipinski definition) is 1. The molecule has 0 aliphatic carbocycles. The van der Waals surface area contributed by atoms with Crippen molar-refractivity contribution >= 4 is 27.8 Å². The number of rotatable bonds is 3. The van der Waals surface area contributed by atoms with Gasteiger partial charge in [-0.2, -0.15) is 0 Å². The van der Waals surface area contributed by atoms with Gasteiger partial charge in [0.1, 0.15) is 11.0 Å². The molecule has 1 N–H and O–H groups in total. The minimum absolute atomic E-state index is 0.109. The summed E-state index contributed by atoms with van der Waals surface area (Å²) in [4.78, 5) is 17.5. The molecular formula is C20H18N4O2. The molecule has 0 fully saturated rings. The lowest BCUT2D eigenvalue weighted by molar-refractivity contribution is 0.0952. The van der Waals surface area contributed by atoms with Crippen LogP contribution in [0.5, 0.6) is 0 Å². The molecule has 6 heteroatoms. The van der Waals surface area contributed by atoms with Crippen molar-refractivity contribution in [2.45, 2.75) is 27.3 Å². The van der Waals surface area contributed by atoms with Gasteiger partial charge in [-0.25, -0.2) is 4.63 Å². The SMILES string of the molecule is Cc1ccc2nc(C)c(C)c(C(=O)NCc3ccc4nonc4c3)c2c1. The number of pyridine rings is 1. The molecule has 0 spiro atoms. The number of amides is 1. The summed E-state index contributed by atoms with van der Waals surface area (Å²) in [7, 11) is 0. The standard InChI is InChI=1S/C20H18N4O2/c1-11-4-6-16-15(8-11)19(12(2)13(3)22-16)20(25)21-10-14-5-7-17-18(9-14)24-26-23-17/h4-9H,10H2,1-3H3,(H,21,25). The molecule has 4 rings (SSSR count). The van der Waals surface area contributed by atoms with Crippen LogP contribution in [0.25, 0.3) is 21.9 Å². The van der Waals surface area contributed by atoms with Crippen molar-refractivity contribution in [3.8, 4) is 0 Å². The quantitative estimate of drug-likeness (QED) is 0.613. The van der Waals surface area contributed by atoms with E-state index in [1.807, 2.05) is 57.2 Å². The van der Waals surface area contributed by atoms with E-state index >= 15 is 0 Å². The van der Waals surface area contributed by atoms with Gasteiger partial charge in [0.25, 0.3) is 5.91 Å². The number of aryl methyl sites for hydroxylation is 2. The number of nitrogens with one attached hydrogen (secondary N) is 1. The maximum atomic E-state index is 12.9. The smallest absolute Gasteiger partial charge is 0.252 e. The topological polar surface area (TPSA) is 80.9 Å². The highest BCUT2D eigenvalue weighted by Gasteiger charge is 2.16. The summed E-state index contributed by atoms with van der Waals surface area (Å²) >= 11 is 0. The molecule has 130 valence electrons. The molecule has 0 unspecified atom stereocenters. The van der Waals surface area contributed by atoms with Gasteiger partial charge in [-0.3, -0.25) is 9.78 Å². The van der Waals surface area contributed by atoms with Gasteiger partial charge in [0, 0.05) is 17.6 Å². The lowest BCUT2D eigenvalue weighted by Crippen LogP contribution is -2.24. The first-order valence-corrected chi connectivity index (χ1v) is 8.40. The Hall–Kier alpha value is -3.28. The molecular weight excluding hydrogens is 328 g/mol. The first-order chi connectivity index (χ1) is 12.5. The molecule has 0 aliphatic heterocycles. The Morgan fingerprint density at radius 1 is 1.00 bits per heavy atom. The van der Waals surface area contributed by atoms with Crippen molar-refractivity contribution in [3.63, 3.8) is 0 Å². The van der Waals surface area contributed by atoms with E-state index in [0.29, 0.717) is 23.1 Å². The predicted molar refractivity (Wildman–Crippen MR) is 98.9 cm³/mol. The first-order valence-electron chi connectivity index (χ1n) is 8.40. The maximum Gasteiger partial charge on any atom is 0.252 e. The molecule has 2 aromatic heterocycles. The van der Waals surface area contributed by atoms with E-state index in [4.69, 9.17) is 4.63 Å². The molecule has 0 saturated carbocycles. The zero-order valence-corrected chi connectivity index (χ0v) is 14.8. The highest BCUT2D eigenvalue weighted by atomic mass is 16.6. The van der Waals surface area contributed by atoms with E-state index in [0.717, 1.165) is 33.3 Å². The summed E-state index contributed by atoms with van der Waals surface area (Å²) in [6.07, 6.45) is 0. The zero-order chi connectivity index (χ0) is 18.3. The molecule has 0 radical (unpaired) electrons. The van der Waals surface area contributed by atoms with Crippen LogP contribution in [0, 0.1) is 20.8 Å². The fourth-order valence-electron chi connectivity index (χ4n) is 3.10. The van der Waals surface area contributed by atoms with E-state index in [9.17, 15) is 4.79 Å². The third kappa shape index (κ3) is 2.79. The second-order valence-corrected chi connectivity index (χ2v) is 6.49. The average molecular weight is 346 g/mol. The van der Waals surface area contributed by atoms with Crippen molar-refractivity contribution in [1.82, 2.24) is 20.6 Å². The Morgan fingerprint density at radius 2 is 1.77 bits per heavy atom. The monoisotopic (exact) mass is 346 g/mol. The van der Waals surface area contributed by atoms with Crippen LogP contribution in [0.2, 0.25) is 0 Å². The Balaban J connectivity index is 1.67. The minimum atomic E-state index is -0.109. The molecule has 4 aromatic rings. The van der Waals surface area contributed by atoms with Crippen molar-refractivity contribution in [2.75, 3.05) is 0 Å². The molecule has 2 heterocycles. The molecule has 2 aromatic carbocycles. The van der Waals surface area contributed by atoms with Crippen LogP contribution in [0.4, 0.5) is 0 Å². The molecule has 0 aliphatic rings. The Labute approximate surface area is 150 Å². The third-order valence-corrected chi connectivity index (χ3v) is 4.63. The first kappa shape index (κ1) is 16.2. The Kier molecular flexibility index (Phi) is 3.88. The molecule has 0 atom stereocenters. The highest BCUT2D eigenvalue weighted by Crippen LogP contribution is 2.24. The van der Waals surface area contributed by atoms with Crippen molar-refractivity contribution in [3.05, 3.63) is 64.3 Å². The molecule has 6 nitrogen and oxygen atoms in total. The van der Waals surface area contributed by atoms with Crippen LogP contribution < -0.4 is 5.32 Å². The van der Waals surface area contributed by atoms with Crippen LogP contribution in [0.1, 0.15) is 32.7 Å². The van der Waals surface area contributed by atoms with Crippen molar-refractivity contribution < 1.29 is 9.42 Å². The minimum Gasteiger partial charge on any atom is -0.348 e. The summed E-state index contributed by atoms with van der Waals surface area (Å²) in [5.41, 5.74) is 6.68. The van der Waals surface area contributed by atoms with Crippen molar-refractivity contribution in [1.29, 1.82) is 0 Å². The average Bonchev–Trinajstić information content (AvgIpc) is 3.09. The maximum absolute atomic E-state index is 12.9. The fourth-order valence-corrected chi connectivity index (χ4v) is 3.10. The largest absolute Gasteiger partial charge is 0.348 e. The fraction of sp³-hybridized carbons (Fsp3) is 0.200. The number of benzene rings is 2. The van der Waals surface area contributed by atoms with Crippen LogP contribution in [0.15, 0.2) is 41.0 Å². The van der Waals surface area contributed by atoms with Crippen LogP contribution in [0.3, 0.4) is 0 Å². The molecule has 0 saturated heterocycles. The van der Waals surface area contributed by atoms with E-state index in [1.54, 1.807) is 0 Å². The van der Waals surface area contributed by atoms with Gasteiger partial charge >= 0.3 is 0 Å². The lowest BCUT2D eigenvalue weighted by atomic mass is 9.99. The number of carbonyl (C=O) groups is 1. The number of aromatic nitrogens is 3.